The predicted molar refractivity (Wildman–Crippen MR) is 154 cm³/mol. The van der Waals surface area contributed by atoms with Gasteiger partial charge in [0.2, 0.25) is 5.91 Å². The van der Waals surface area contributed by atoms with Crippen molar-refractivity contribution < 1.29 is 9.59 Å². The second-order valence-corrected chi connectivity index (χ2v) is 10.1. The van der Waals surface area contributed by atoms with E-state index in [0.29, 0.717) is 22.3 Å². The molecular weight excluding hydrogens is 519 g/mol. The lowest BCUT2D eigenvalue weighted by Gasteiger charge is -2.39. The van der Waals surface area contributed by atoms with Gasteiger partial charge in [0.15, 0.2) is 0 Å². The first kappa shape index (κ1) is 25.9. The zero-order chi connectivity index (χ0) is 26.6. The molecule has 0 saturated heterocycles. The van der Waals surface area contributed by atoms with Crippen LogP contribution in [0, 0.1) is 0 Å². The highest BCUT2D eigenvalue weighted by atomic mass is 35.5. The zero-order valence-corrected chi connectivity index (χ0v) is 22.5. The number of urea groups is 1. The predicted octanol–water partition coefficient (Wildman–Crippen LogP) is 7.55. The minimum atomic E-state index is -0.378. The summed E-state index contributed by atoms with van der Waals surface area (Å²) in [5.74, 6) is -0.174. The highest BCUT2D eigenvalue weighted by Crippen LogP contribution is 2.42. The first-order valence-electron chi connectivity index (χ1n) is 12.6. The number of aromatic nitrogens is 1. The first-order chi connectivity index (χ1) is 18.5. The van der Waals surface area contributed by atoms with Crippen LogP contribution in [0.15, 0.2) is 91.1 Å². The lowest BCUT2D eigenvalue weighted by Crippen LogP contribution is -2.48. The Hall–Kier alpha value is -3.74. The van der Waals surface area contributed by atoms with Crippen LogP contribution in [0.2, 0.25) is 10.0 Å². The number of nitrogens with zero attached hydrogens (tertiary/aromatic N) is 3. The van der Waals surface area contributed by atoms with E-state index in [0.717, 1.165) is 35.5 Å². The molecule has 4 aromatic rings. The van der Waals surface area contributed by atoms with Gasteiger partial charge < -0.3 is 14.8 Å². The average Bonchev–Trinajstić information content (AvgIpc) is 3.42. The van der Waals surface area contributed by atoms with Crippen molar-refractivity contribution in [2.75, 3.05) is 23.3 Å². The molecule has 0 bridgehead atoms. The molecule has 0 aliphatic carbocycles. The van der Waals surface area contributed by atoms with Crippen LogP contribution in [0.3, 0.4) is 0 Å². The molecular formula is C30H28Cl2N4O2. The number of carbonyl (C=O) groups is 2. The number of amides is 3. The summed E-state index contributed by atoms with van der Waals surface area (Å²) in [6.45, 7) is 2.44. The van der Waals surface area contributed by atoms with Crippen molar-refractivity contribution in [1.29, 1.82) is 0 Å². The van der Waals surface area contributed by atoms with Crippen molar-refractivity contribution in [3.8, 4) is 5.69 Å². The minimum Gasteiger partial charge on any atom is -0.316 e. The van der Waals surface area contributed by atoms with E-state index in [4.69, 9.17) is 23.2 Å². The number of hydrogen-bond acceptors (Lipinski definition) is 2. The highest BCUT2D eigenvalue weighted by Gasteiger charge is 2.36. The molecule has 3 amide bonds. The van der Waals surface area contributed by atoms with Crippen molar-refractivity contribution in [1.82, 2.24) is 9.47 Å². The number of anilines is 2. The number of benzene rings is 3. The summed E-state index contributed by atoms with van der Waals surface area (Å²) < 4.78 is 2.11. The maximum Gasteiger partial charge on any atom is 0.322 e. The number of nitrogens with one attached hydrogen (secondary N) is 1. The second-order valence-electron chi connectivity index (χ2n) is 9.22. The molecule has 3 aromatic carbocycles. The molecule has 1 atom stereocenters. The van der Waals surface area contributed by atoms with E-state index in [1.807, 2.05) is 71.8 Å². The molecule has 2 heterocycles. The lowest BCUT2D eigenvalue weighted by atomic mass is 9.97. The topological polar surface area (TPSA) is 57.6 Å². The summed E-state index contributed by atoms with van der Waals surface area (Å²) in [5.41, 5.74) is 4.22. The van der Waals surface area contributed by atoms with Gasteiger partial charge in [-0.25, -0.2) is 4.79 Å². The van der Waals surface area contributed by atoms with Crippen molar-refractivity contribution in [2.45, 2.75) is 25.8 Å². The SMILES string of the molecule is CCCCN(CC(=O)N1c2ccccc2-n2cccc2[C@H]1c1ccc(Cl)cc1)C(=O)Nc1ccc(Cl)cc1. The Morgan fingerprint density at radius 3 is 2.21 bits per heavy atom. The van der Waals surface area contributed by atoms with E-state index in [9.17, 15) is 9.59 Å². The Kier molecular flexibility index (Phi) is 7.72. The van der Waals surface area contributed by atoms with Crippen LogP contribution in [0.4, 0.5) is 16.2 Å². The van der Waals surface area contributed by atoms with Gasteiger partial charge >= 0.3 is 6.03 Å². The smallest absolute Gasteiger partial charge is 0.316 e. The van der Waals surface area contributed by atoms with E-state index in [-0.39, 0.29) is 24.5 Å². The van der Waals surface area contributed by atoms with E-state index in [1.165, 1.54) is 0 Å². The van der Waals surface area contributed by atoms with Crippen LogP contribution in [-0.2, 0) is 4.79 Å². The molecule has 8 heteroatoms. The second kappa shape index (κ2) is 11.3. The van der Waals surface area contributed by atoms with Gasteiger partial charge in [-0.05, 0) is 72.6 Å². The summed E-state index contributed by atoms with van der Waals surface area (Å²) >= 11 is 12.2. The monoisotopic (exact) mass is 546 g/mol. The fourth-order valence-corrected chi connectivity index (χ4v) is 5.05. The van der Waals surface area contributed by atoms with Crippen LogP contribution in [0.5, 0.6) is 0 Å². The van der Waals surface area contributed by atoms with Crippen molar-refractivity contribution in [2.24, 2.45) is 0 Å². The summed E-state index contributed by atoms with van der Waals surface area (Å²) in [4.78, 5) is 30.9. The third kappa shape index (κ3) is 5.28. The van der Waals surface area contributed by atoms with Crippen molar-refractivity contribution in [3.05, 3.63) is 112 Å². The summed E-state index contributed by atoms with van der Waals surface area (Å²) in [6, 6.07) is 25.6. The molecule has 0 saturated carbocycles. The van der Waals surface area contributed by atoms with Gasteiger partial charge in [0.1, 0.15) is 12.6 Å². The molecule has 0 fully saturated rings. The van der Waals surface area contributed by atoms with Gasteiger partial charge in [-0.15, -0.1) is 0 Å². The van der Waals surface area contributed by atoms with Gasteiger partial charge in [-0.2, -0.15) is 0 Å². The van der Waals surface area contributed by atoms with Gasteiger partial charge in [0.05, 0.1) is 17.1 Å². The number of hydrogen-bond donors (Lipinski definition) is 1. The fourth-order valence-electron chi connectivity index (χ4n) is 4.80. The summed E-state index contributed by atoms with van der Waals surface area (Å²) in [6.07, 6.45) is 3.68. The number of carbonyl (C=O) groups excluding carboxylic acids is 2. The molecule has 1 aromatic heterocycles. The Morgan fingerprint density at radius 2 is 1.53 bits per heavy atom. The van der Waals surface area contributed by atoms with Crippen LogP contribution in [0.25, 0.3) is 5.69 Å². The number of halogens is 2. The number of para-hydroxylation sites is 2. The Balaban J connectivity index is 1.49. The quantitative estimate of drug-likeness (QED) is 0.260. The number of unbranched alkanes of at least 4 members (excludes halogenated alkanes) is 1. The largest absolute Gasteiger partial charge is 0.322 e. The lowest BCUT2D eigenvalue weighted by molar-refractivity contribution is -0.119. The highest BCUT2D eigenvalue weighted by molar-refractivity contribution is 6.30. The molecule has 1 N–H and O–H groups in total. The summed E-state index contributed by atoms with van der Waals surface area (Å²) in [7, 11) is 0. The molecule has 38 heavy (non-hydrogen) atoms. The van der Waals surface area contributed by atoms with Crippen LogP contribution < -0.4 is 10.2 Å². The van der Waals surface area contributed by atoms with Crippen molar-refractivity contribution in [3.63, 3.8) is 0 Å². The van der Waals surface area contributed by atoms with Gasteiger partial charge in [0, 0.05) is 28.5 Å². The molecule has 6 nitrogen and oxygen atoms in total. The Labute approximate surface area is 232 Å². The molecule has 0 radical (unpaired) electrons. The molecule has 5 rings (SSSR count). The maximum atomic E-state index is 14.2. The normalized spacial score (nSPS) is 14.0. The minimum absolute atomic E-state index is 0.0709. The van der Waals surface area contributed by atoms with Crippen LogP contribution in [-0.4, -0.2) is 34.5 Å². The van der Waals surface area contributed by atoms with Gasteiger partial charge in [-0.3, -0.25) is 9.69 Å². The molecule has 1 aliphatic rings. The van der Waals surface area contributed by atoms with Gasteiger partial charge in [0.25, 0.3) is 0 Å². The third-order valence-corrected chi connectivity index (χ3v) is 7.17. The van der Waals surface area contributed by atoms with Gasteiger partial charge in [-0.1, -0.05) is 60.8 Å². The average molecular weight is 547 g/mol. The van der Waals surface area contributed by atoms with E-state index in [2.05, 4.69) is 16.8 Å². The summed E-state index contributed by atoms with van der Waals surface area (Å²) in [5, 5.41) is 4.12. The molecule has 1 aliphatic heterocycles. The number of fused-ring (bicyclic) bond motifs is 3. The van der Waals surface area contributed by atoms with Crippen LogP contribution >= 0.6 is 23.2 Å². The van der Waals surface area contributed by atoms with E-state index in [1.54, 1.807) is 29.2 Å². The molecule has 0 spiro atoms. The standard InChI is InChI=1S/C30H28Cl2N4O2/c1-2-3-18-34(30(38)33-24-16-14-23(32)15-17-24)20-28(37)36-26-8-5-4-7-25(26)35-19-6-9-27(35)29(36)21-10-12-22(31)13-11-21/h4-17,19,29H,2-3,18,20H2,1H3,(H,33,38)/t29-/m1/s1. The third-order valence-electron chi connectivity index (χ3n) is 6.66. The van der Waals surface area contributed by atoms with Crippen LogP contribution in [0.1, 0.15) is 37.1 Å². The number of rotatable bonds is 7. The fraction of sp³-hybridized carbons (Fsp3) is 0.200. The van der Waals surface area contributed by atoms with E-state index >= 15 is 0 Å². The Bertz CT molecular complexity index is 1430. The molecule has 0 unspecified atom stereocenters. The Morgan fingerprint density at radius 1 is 0.868 bits per heavy atom. The van der Waals surface area contributed by atoms with Crippen molar-refractivity contribution >= 4 is 46.5 Å². The first-order valence-corrected chi connectivity index (χ1v) is 13.4. The zero-order valence-electron chi connectivity index (χ0n) is 21.0. The van der Waals surface area contributed by atoms with E-state index < -0.39 is 0 Å². The molecule has 194 valence electrons. The maximum absolute atomic E-state index is 14.2.